The molecular formula is C31H31NO4. The maximum atomic E-state index is 12.8. The summed E-state index contributed by atoms with van der Waals surface area (Å²) in [6, 6.07) is 28.2. The van der Waals surface area contributed by atoms with Crippen LogP contribution >= 0.6 is 0 Å². The zero-order chi connectivity index (χ0) is 25.1. The van der Waals surface area contributed by atoms with E-state index in [-0.39, 0.29) is 18.1 Å². The molecule has 0 spiro atoms. The van der Waals surface area contributed by atoms with Gasteiger partial charge in [-0.3, -0.25) is 4.79 Å². The van der Waals surface area contributed by atoms with Gasteiger partial charge in [-0.05, 0) is 69.8 Å². The maximum absolute atomic E-state index is 12.8. The van der Waals surface area contributed by atoms with Gasteiger partial charge in [-0.25, -0.2) is 0 Å². The first kappa shape index (κ1) is 24.0. The number of fused-ring (bicyclic) bond motifs is 1. The van der Waals surface area contributed by atoms with Crippen molar-refractivity contribution in [3.63, 3.8) is 0 Å². The molecule has 1 saturated heterocycles. The molecule has 2 unspecified atom stereocenters. The Morgan fingerprint density at radius 3 is 2.61 bits per heavy atom. The normalized spacial score (nSPS) is 17.6. The highest BCUT2D eigenvalue weighted by atomic mass is 16.5. The minimum absolute atomic E-state index is 0.0349. The number of carbonyl (C=O) groups excluding carboxylic acids is 1. The second-order valence-electron chi connectivity index (χ2n) is 9.54. The molecule has 0 saturated carbocycles. The molecule has 1 aliphatic heterocycles. The number of carbonyl (C=O) groups is 1. The van der Waals surface area contributed by atoms with Crippen LogP contribution in [-0.2, 0) is 11.3 Å². The summed E-state index contributed by atoms with van der Waals surface area (Å²) < 4.78 is 12.0. The van der Waals surface area contributed by atoms with Gasteiger partial charge in [0.05, 0.1) is 12.2 Å². The molecule has 4 aromatic carbocycles. The minimum atomic E-state index is -0.314. The number of rotatable bonds is 6. The molecule has 5 rings (SSSR count). The van der Waals surface area contributed by atoms with Crippen molar-refractivity contribution in [2.75, 3.05) is 20.7 Å². The summed E-state index contributed by atoms with van der Waals surface area (Å²) in [4.78, 5) is 14.4. The Balaban J connectivity index is 1.42. The first-order valence-corrected chi connectivity index (χ1v) is 12.3. The number of hydrogen-bond acceptors (Lipinski definition) is 4. The number of benzene rings is 4. The molecule has 2 atom stereocenters. The lowest BCUT2D eigenvalue weighted by Gasteiger charge is -2.27. The van der Waals surface area contributed by atoms with E-state index >= 15 is 0 Å². The van der Waals surface area contributed by atoms with Gasteiger partial charge in [-0.15, -0.1) is 0 Å². The second-order valence-corrected chi connectivity index (χ2v) is 9.54. The average Bonchev–Trinajstić information content (AvgIpc) is 2.91. The van der Waals surface area contributed by atoms with Gasteiger partial charge in [0.15, 0.2) is 0 Å². The highest BCUT2D eigenvalue weighted by Gasteiger charge is 2.22. The van der Waals surface area contributed by atoms with E-state index in [2.05, 4.69) is 24.3 Å². The summed E-state index contributed by atoms with van der Waals surface area (Å²) in [5, 5.41) is 12.0. The zero-order valence-corrected chi connectivity index (χ0v) is 20.7. The first-order chi connectivity index (χ1) is 17.5. The van der Waals surface area contributed by atoms with Crippen LogP contribution in [0.1, 0.15) is 40.4 Å². The quantitative estimate of drug-likeness (QED) is 0.367. The number of hydrogen-bond donors (Lipinski definition) is 1. The Morgan fingerprint density at radius 2 is 1.83 bits per heavy atom. The van der Waals surface area contributed by atoms with Gasteiger partial charge in [0.1, 0.15) is 12.4 Å². The highest BCUT2D eigenvalue weighted by Crippen LogP contribution is 2.33. The number of amides is 1. The summed E-state index contributed by atoms with van der Waals surface area (Å²) in [5.74, 6) is 0.706. The van der Waals surface area contributed by atoms with Gasteiger partial charge >= 0.3 is 0 Å². The standard InChI is InChI=1S/C31H31NO4/c1-32(2)31(34)25-16-24-17-27(11-12-28(24)29(18-25)22-8-4-3-5-9-22)36-20-21-7-6-10-23(15-21)30-19-26(33)13-14-35-30/h3-12,15-18,26,30,33H,13-14,19-20H2,1-2H3. The number of ether oxygens (including phenoxy) is 2. The van der Waals surface area contributed by atoms with Crippen molar-refractivity contribution >= 4 is 16.7 Å². The van der Waals surface area contributed by atoms with Crippen molar-refractivity contribution in [1.29, 1.82) is 0 Å². The molecule has 0 bridgehead atoms. The third kappa shape index (κ3) is 5.27. The molecule has 1 fully saturated rings. The minimum Gasteiger partial charge on any atom is -0.489 e. The van der Waals surface area contributed by atoms with E-state index in [0.29, 0.717) is 31.6 Å². The van der Waals surface area contributed by atoms with Crippen molar-refractivity contribution < 1.29 is 19.4 Å². The molecular weight excluding hydrogens is 450 g/mol. The Labute approximate surface area is 211 Å². The van der Waals surface area contributed by atoms with E-state index in [9.17, 15) is 9.90 Å². The zero-order valence-electron chi connectivity index (χ0n) is 20.7. The lowest BCUT2D eigenvalue weighted by Crippen LogP contribution is -2.23. The molecule has 0 aromatic heterocycles. The van der Waals surface area contributed by atoms with Crippen LogP contribution in [0.5, 0.6) is 5.75 Å². The van der Waals surface area contributed by atoms with Crippen molar-refractivity contribution in [3.8, 4) is 16.9 Å². The van der Waals surface area contributed by atoms with Gasteiger partial charge < -0.3 is 19.5 Å². The van der Waals surface area contributed by atoms with Crippen LogP contribution in [0, 0.1) is 0 Å². The van der Waals surface area contributed by atoms with Crippen LogP contribution in [0.4, 0.5) is 0 Å². The van der Waals surface area contributed by atoms with Crippen molar-refractivity contribution in [2.24, 2.45) is 0 Å². The van der Waals surface area contributed by atoms with Crippen LogP contribution in [0.2, 0.25) is 0 Å². The first-order valence-electron chi connectivity index (χ1n) is 12.3. The molecule has 5 heteroatoms. The average molecular weight is 482 g/mol. The summed E-state index contributed by atoms with van der Waals surface area (Å²) in [6.07, 6.45) is 0.909. The van der Waals surface area contributed by atoms with Crippen molar-refractivity contribution in [1.82, 2.24) is 4.90 Å². The van der Waals surface area contributed by atoms with Crippen molar-refractivity contribution in [3.05, 3.63) is 102 Å². The van der Waals surface area contributed by atoms with Gasteiger partial charge in [-0.1, -0.05) is 54.6 Å². The number of nitrogens with zero attached hydrogens (tertiary/aromatic N) is 1. The van der Waals surface area contributed by atoms with E-state index in [1.54, 1.807) is 19.0 Å². The van der Waals surface area contributed by atoms with Crippen LogP contribution in [0.25, 0.3) is 21.9 Å². The lowest BCUT2D eigenvalue weighted by atomic mass is 9.95. The molecule has 5 nitrogen and oxygen atoms in total. The van der Waals surface area contributed by atoms with E-state index in [1.807, 2.05) is 60.7 Å². The van der Waals surface area contributed by atoms with Gasteiger partial charge in [-0.2, -0.15) is 0 Å². The molecule has 4 aromatic rings. The SMILES string of the molecule is CN(C)C(=O)c1cc(-c2ccccc2)c2ccc(OCc3cccc(C4CC(O)CCO4)c3)cc2c1. The largest absolute Gasteiger partial charge is 0.489 e. The van der Waals surface area contributed by atoms with Gasteiger partial charge in [0.25, 0.3) is 5.91 Å². The molecule has 1 amide bonds. The molecule has 1 aliphatic rings. The summed E-state index contributed by atoms with van der Waals surface area (Å²) >= 11 is 0. The predicted octanol–water partition coefficient (Wildman–Crippen LogP) is 6.00. The topological polar surface area (TPSA) is 59.0 Å². The van der Waals surface area contributed by atoms with E-state index in [0.717, 1.165) is 38.8 Å². The molecule has 0 radical (unpaired) electrons. The fourth-order valence-electron chi connectivity index (χ4n) is 4.74. The van der Waals surface area contributed by atoms with Crippen LogP contribution in [0.15, 0.2) is 84.9 Å². The fourth-order valence-corrected chi connectivity index (χ4v) is 4.74. The van der Waals surface area contributed by atoms with E-state index < -0.39 is 0 Å². The van der Waals surface area contributed by atoms with Gasteiger partial charge in [0.2, 0.25) is 0 Å². The van der Waals surface area contributed by atoms with Gasteiger partial charge in [0, 0.05) is 32.7 Å². The summed E-state index contributed by atoms with van der Waals surface area (Å²) in [5.41, 5.74) is 4.83. The Bertz CT molecular complexity index is 1370. The molecule has 1 heterocycles. The monoisotopic (exact) mass is 481 g/mol. The number of aliphatic hydroxyl groups excluding tert-OH is 1. The molecule has 0 aliphatic carbocycles. The Hall–Kier alpha value is -3.67. The second kappa shape index (κ2) is 10.5. The number of aliphatic hydroxyl groups is 1. The van der Waals surface area contributed by atoms with Crippen LogP contribution in [-0.4, -0.2) is 42.7 Å². The summed E-state index contributed by atoms with van der Waals surface area (Å²) in [7, 11) is 3.53. The predicted molar refractivity (Wildman–Crippen MR) is 142 cm³/mol. The molecule has 184 valence electrons. The van der Waals surface area contributed by atoms with Crippen LogP contribution in [0.3, 0.4) is 0 Å². The summed E-state index contributed by atoms with van der Waals surface area (Å²) in [6.45, 7) is 0.989. The maximum Gasteiger partial charge on any atom is 0.253 e. The Kier molecular flexibility index (Phi) is 7.03. The third-order valence-electron chi connectivity index (χ3n) is 6.65. The third-order valence-corrected chi connectivity index (χ3v) is 6.65. The smallest absolute Gasteiger partial charge is 0.253 e. The van der Waals surface area contributed by atoms with E-state index in [4.69, 9.17) is 9.47 Å². The Morgan fingerprint density at radius 1 is 1.00 bits per heavy atom. The molecule has 36 heavy (non-hydrogen) atoms. The van der Waals surface area contributed by atoms with Crippen LogP contribution < -0.4 is 4.74 Å². The fraction of sp³-hybridized carbons (Fsp3) is 0.258. The lowest BCUT2D eigenvalue weighted by molar-refractivity contribution is -0.0448. The highest BCUT2D eigenvalue weighted by molar-refractivity contribution is 6.05. The van der Waals surface area contributed by atoms with Crippen molar-refractivity contribution in [2.45, 2.75) is 31.7 Å². The van der Waals surface area contributed by atoms with E-state index in [1.165, 1.54) is 0 Å². The molecule has 1 N–H and O–H groups in total.